The lowest BCUT2D eigenvalue weighted by Crippen LogP contribution is -2.51. The number of hydrogen-bond donors (Lipinski definition) is 0. The molecule has 0 saturated carbocycles. The fourth-order valence-corrected chi connectivity index (χ4v) is 3.37. The van der Waals surface area contributed by atoms with Gasteiger partial charge in [0.2, 0.25) is 0 Å². The van der Waals surface area contributed by atoms with Crippen molar-refractivity contribution >= 4 is 15.2 Å². The fourth-order valence-electron chi connectivity index (χ4n) is 0.375. The molecule has 0 atom stereocenters. The van der Waals surface area contributed by atoms with Crippen LogP contribution in [0.15, 0.2) is 0 Å². The van der Waals surface area contributed by atoms with E-state index in [1.54, 1.807) is 0 Å². The molecular formula is C7H19Si2. The summed E-state index contributed by atoms with van der Waals surface area (Å²) in [6.07, 6.45) is 0. The molecule has 0 fully saturated rings. The van der Waals surface area contributed by atoms with Crippen LogP contribution in [0.4, 0.5) is 0 Å². The molecule has 0 aliphatic rings. The van der Waals surface area contributed by atoms with Gasteiger partial charge < -0.3 is 0 Å². The first-order chi connectivity index (χ1) is 3.81. The summed E-state index contributed by atoms with van der Waals surface area (Å²) < 4.78 is 0. The molecule has 0 spiro atoms. The quantitative estimate of drug-likeness (QED) is 0.544. The van der Waals surface area contributed by atoms with E-state index in [4.69, 9.17) is 0 Å². The van der Waals surface area contributed by atoms with E-state index in [-0.39, 0.29) is 0 Å². The molecule has 2 heteroatoms. The molecule has 0 heterocycles. The summed E-state index contributed by atoms with van der Waals surface area (Å²) in [6.45, 7) is 16.3. The molecule has 0 aromatic rings. The maximum absolute atomic E-state index is 4.02. The molecule has 55 valence electrons. The van der Waals surface area contributed by atoms with Crippen LogP contribution in [-0.4, -0.2) is 15.2 Å². The van der Waals surface area contributed by atoms with E-state index in [1.165, 1.54) is 6.04 Å². The Morgan fingerprint density at radius 2 is 1.33 bits per heavy atom. The van der Waals surface area contributed by atoms with Crippen LogP contribution < -0.4 is 0 Å². The first-order valence-electron chi connectivity index (χ1n) is 3.60. The Kier molecular flexibility index (Phi) is 2.71. The van der Waals surface area contributed by atoms with E-state index in [2.05, 4.69) is 39.7 Å². The summed E-state index contributed by atoms with van der Waals surface area (Å²) in [6, 6.07) is 1.21. The molecule has 0 amide bonds. The second-order valence-corrected chi connectivity index (χ2v) is 21.7. The van der Waals surface area contributed by atoms with Crippen molar-refractivity contribution in [1.82, 2.24) is 0 Å². The Morgan fingerprint density at radius 1 is 1.00 bits per heavy atom. The largest absolute Gasteiger partial charge is 0.0715 e. The Bertz CT molecular complexity index is 89.6. The summed E-state index contributed by atoms with van der Waals surface area (Å²) in [4.78, 5) is 0. The second kappa shape index (κ2) is 2.58. The average Bonchev–Trinajstić information content (AvgIpc) is 1.64. The number of hydrogen-bond acceptors (Lipinski definition) is 0. The van der Waals surface area contributed by atoms with E-state index in [0.717, 1.165) is 0 Å². The van der Waals surface area contributed by atoms with Gasteiger partial charge in [0.25, 0.3) is 0 Å². The van der Waals surface area contributed by atoms with E-state index in [1.807, 2.05) is 0 Å². The molecule has 9 heavy (non-hydrogen) atoms. The topological polar surface area (TPSA) is 0 Å². The minimum Gasteiger partial charge on any atom is -0.0715 e. The monoisotopic (exact) mass is 159 g/mol. The van der Waals surface area contributed by atoms with Gasteiger partial charge in [0.05, 0.1) is 0 Å². The summed E-state index contributed by atoms with van der Waals surface area (Å²) in [5.74, 6) is 0. The third-order valence-corrected chi connectivity index (χ3v) is 20.9. The number of rotatable bonds is 2. The van der Waals surface area contributed by atoms with Crippen LogP contribution in [0.5, 0.6) is 0 Å². The van der Waals surface area contributed by atoms with Crippen molar-refractivity contribution in [2.24, 2.45) is 0 Å². The summed E-state index contributed by atoms with van der Waals surface area (Å²) in [5, 5.41) is 0. The minimum atomic E-state index is -0.851. The normalized spacial score (nSPS) is 14.0. The lowest BCUT2D eigenvalue weighted by Gasteiger charge is -2.34. The molecule has 0 rings (SSSR count). The summed E-state index contributed by atoms with van der Waals surface area (Å²) >= 11 is 0. The predicted molar refractivity (Wildman–Crippen MR) is 51.0 cm³/mol. The second-order valence-electron chi connectivity index (χ2n) is 4.38. The lowest BCUT2D eigenvalue weighted by atomic mass is 11.0. The van der Waals surface area contributed by atoms with Gasteiger partial charge in [0.15, 0.2) is 0 Å². The van der Waals surface area contributed by atoms with Gasteiger partial charge in [-0.1, -0.05) is 45.7 Å². The minimum absolute atomic E-state index is 0.808. The Labute approximate surface area is 61.5 Å². The molecule has 0 saturated heterocycles. The molecule has 0 nitrogen and oxygen atoms in total. The van der Waals surface area contributed by atoms with Gasteiger partial charge in [-0.15, -0.1) is 0 Å². The van der Waals surface area contributed by atoms with Gasteiger partial charge in [-0.25, -0.2) is 0 Å². The van der Waals surface area contributed by atoms with Crippen LogP contribution in [0, 0.1) is 6.92 Å². The van der Waals surface area contributed by atoms with Gasteiger partial charge in [-0.3, -0.25) is 0 Å². The van der Waals surface area contributed by atoms with E-state index in [9.17, 15) is 0 Å². The van der Waals surface area contributed by atoms with Gasteiger partial charge in [-0.2, -0.15) is 0 Å². The van der Waals surface area contributed by atoms with Crippen LogP contribution in [-0.2, 0) is 0 Å². The van der Waals surface area contributed by atoms with E-state index >= 15 is 0 Å². The van der Waals surface area contributed by atoms with Gasteiger partial charge in [0.1, 0.15) is 0 Å². The summed E-state index contributed by atoms with van der Waals surface area (Å²) in [5.41, 5.74) is 0. The zero-order valence-corrected chi connectivity index (χ0v) is 9.41. The van der Waals surface area contributed by atoms with Crippen molar-refractivity contribution in [1.29, 1.82) is 0 Å². The third-order valence-electron chi connectivity index (χ3n) is 2.66. The first-order valence-corrected chi connectivity index (χ1v) is 11.3. The summed E-state index contributed by atoms with van der Waals surface area (Å²) in [7, 11) is -1.66. The van der Waals surface area contributed by atoms with E-state index < -0.39 is 15.2 Å². The van der Waals surface area contributed by atoms with Crippen LogP contribution >= 0.6 is 0 Å². The van der Waals surface area contributed by atoms with Crippen molar-refractivity contribution in [2.45, 2.75) is 38.8 Å². The van der Waals surface area contributed by atoms with E-state index in [0.29, 0.717) is 0 Å². The highest BCUT2D eigenvalue weighted by molar-refractivity contribution is 7.40. The van der Waals surface area contributed by atoms with Gasteiger partial charge in [-0.05, 0) is 0 Å². The standard InChI is InChI=1S/C7H19Si2/c1-7-9(5,6)8(2,3)4/h1,7H2,2-6H3. The molecule has 0 aliphatic heterocycles. The highest BCUT2D eigenvalue weighted by Crippen LogP contribution is 2.21. The van der Waals surface area contributed by atoms with Crippen LogP contribution in [0.3, 0.4) is 0 Å². The Balaban J connectivity index is 4.14. The van der Waals surface area contributed by atoms with Crippen LogP contribution in [0.2, 0.25) is 38.8 Å². The molecular weight excluding hydrogens is 140 g/mol. The smallest absolute Gasteiger partial charge is 0.0410 e. The highest BCUT2D eigenvalue weighted by atomic mass is 29.3. The maximum Gasteiger partial charge on any atom is 0.0410 e. The zero-order chi connectivity index (χ0) is 7.71. The average molecular weight is 159 g/mol. The lowest BCUT2D eigenvalue weighted by molar-refractivity contribution is 1.55. The Morgan fingerprint density at radius 3 is 1.33 bits per heavy atom. The fraction of sp³-hybridized carbons (Fsp3) is 0.857. The van der Waals surface area contributed by atoms with Crippen molar-refractivity contribution in [2.75, 3.05) is 0 Å². The third kappa shape index (κ3) is 2.26. The van der Waals surface area contributed by atoms with Crippen molar-refractivity contribution in [3.8, 4) is 0 Å². The Hall–Kier alpha value is 0.434. The zero-order valence-electron chi connectivity index (χ0n) is 7.41. The molecule has 0 unspecified atom stereocenters. The molecule has 0 aromatic carbocycles. The van der Waals surface area contributed by atoms with Crippen molar-refractivity contribution in [3.05, 3.63) is 6.92 Å². The molecule has 0 aromatic heterocycles. The van der Waals surface area contributed by atoms with Crippen molar-refractivity contribution in [3.63, 3.8) is 0 Å². The SMILES string of the molecule is [CH2]C[Si](C)(C)[Si](C)(C)C. The molecule has 0 aliphatic carbocycles. The highest BCUT2D eigenvalue weighted by Gasteiger charge is 2.34. The molecule has 0 bridgehead atoms. The van der Waals surface area contributed by atoms with Gasteiger partial charge in [0, 0.05) is 15.2 Å². The molecule has 1 radical (unpaired) electrons. The van der Waals surface area contributed by atoms with Crippen LogP contribution in [0.1, 0.15) is 0 Å². The van der Waals surface area contributed by atoms with Crippen molar-refractivity contribution < 1.29 is 0 Å². The first kappa shape index (κ1) is 9.43. The predicted octanol–water partition coefficient (Wildman–Crippen LogP) is 2.95. The molecule has 0 N–H and O–H groups in total. The van der Waals surface area contributed by atoms with Gasteiger partial charge >= 0.3 is 0 Å². The van der Waals surface area contributed by atoms with Crippen LogP contribution in [0.25, 0.3) is 0 Å². The maximum atomic E-state index is 4.02.